The second-order valence-electron chi connectivity index (χ2n) is 4.58. The normalized spacial score (nSPS) is 10.1. The van der Waals surface area contributed by atoms with Crippen molar-refractivity contribution < 1.29 is 14.4 Å². The molecule has 108 valence electrons. The third-order valence-electron chi connectivity index (χ3n) is 3.14. The van der Waals surface area contributed by atoms with E-state index in [1.54, 1.807) is 37.4 Å². The van der Waals surface area contributed by atoms with E-state index < -0.39 is 0 Å². The van der Waals surface area contributed by atoms with Gasteiger partial charge in [-0.1, -0.05) is 24.3 Å². The Labute approximate surface area is 127 Å². The average molecular weight is 301 g/mol. The number of hydrogen-bond acceptors (Lipinski definition) is 4. The number of benzene rings is 1. The number of carbonyl (C=O) groups excluding carboxylic acids is 3. The summed E-state index contributed by atoms with van der Waals surface area (Å²) >= 11 is 1.39. The van der Waals surface area contributed by atoms with Crippen LogP contribution in [-0.4, -0.2) is 36.5 Å². The highest BCUT2D eigenvalue weighted by molar-refractivity contribution is 7.12. The Bertz CT molecular complexity index is 649. The first kappa shape index (κ1) is 15.1. The quantitative estimate of drug-likeness (QED) is 0.609. The first-order chi connectivity index (χ1) is 10.1. The molecule has 0 radical (unpaired) electrons. The van der Waals surface area contributed by atoms with E-state index in [0.717, 1.165) is 0 Å². The van der Waals surface area contributed by atoms with Crippen molar-refractivity contribution in [1.29, 1.82) is 0 Å². The van der Waals surface area contributed by atoms with E-state index in [1.807, 2.05) is 11.4 Å². The standard InChI is InChI=1S/C16H15NO3S/c1-17(9-8-14(19)15-7-4-10-21-15)16(20)13-6-3-2-5-12(13)11-18/h2-7,10-11H,8-9H2,1H3. The van der Waals surface area contributed by atoms with Crippen LogP contribution in [0, 0.1) is 0 Å². The molecule has 0 saturated heterocycles. The van der Waals surface area contributed by atoms with Crippen LogP contribution in [-0.2, 0) is 0 Å². The van der Waals surface area contributed by atoms with Crippen LogP contribution >= 0.6 is 11.3 Å². The van der Waals surface area contributed by atoms with Crippen molar-refractivity contribution in [2.45, 2.75) is 6.42 Å². The number of Topliss-reactive ketones (excluding diaryl/α,β-unsaturated/α-hetero) is 1. The maximum absolute atomic E-state index is 12.3. The molecule has 0 unspecified atom stereocenters. The largest absolute Gasteiger partial charge is 0.341 e. The predicted molar refractivity (Wildman–Crippen MR) is 82.1 cm³/mol. The van der Waals surface area contributed by atoms with E-state index in [2.05, 4.69) is 0 Å². The third kappa shape index (κ3) is 3.64. The molecule has 1 heterocycles. The highest BCUT2D eigenvalue weighted by Crippen LogP contribution is 2.13. The average Bonchev–Trinajstić information content (AvgIpc) is 3.06. The Morgan fingerprint density at radius 1 is 1.19 bits per heavy atom. The number of hydrogen-bond donors (Lipinski definition) is 0. The molecule has 0 bridgehead atoms. The lowest BCUT2D eigenvalue weighted by molar-refractivity contribution is 0.0781. The molecule has 1 amide bonds. The molecule has 1 aromatic heterocycles. The summed E-state index contributed by atoms with van der Waals surface area (Å²) in [5, 5.41) is 1.85. The van der Waals surface area contributed by atoms with Gasteiger partial charge in [-0.15, -0.1) is 11.3 Å². The van der Waals surface area contributed by atoms with Gasteiger partial charge in [0.15, 0.2) is 12.1 Å². The van der Waals surface area contributed by atoms with Gasteiger partial charge in [0.05, 0.1) is 10.4 Å². The molecule has 0 aliphatic rings. The molecule has 0 N–H and O–H groups in total. The third-order valence-corrected chi connectivity index (χ3v) is 4.05. The Hall–Kier alpha value is -2.27. The summed E-state index contributed by atoms with van der Waals surface area (Å²) in [6.07, 6.45) is 0.934. The Kier molecular flexibility index (Phi) is 5.00. The number of ketones is 1. The van der Waals surface area contributed by atoms with Crippen molar-refractivity contribution in [2.24, 2.45) is 0 Å². The lowest BCUT2D eigenvalue weighted by Crippen LogP contribution is -2.29. The van der Waals surface area contributed by atoms with Gasteiger partial charge < -0.3 is 4.90 Å². The zero-order chi connectivity index (χ0) is 15.2. The summed E-state index contributed by atoms with van der Waals surface area (Å²) in [6, 6.07) is 10.2. The maximum Gasteiger partial charge on any atom is 0.254 e. The topological polar surface area (TPSA) is 54.5 Å². The molecular weight excluding hydrogens is 286 g/mol. The lowest BCUT2D eigenvalue weighted by Gasteiger charge is -2.17. The summed E-state index contributed by atoms with van der Waals surface area (Å²) in [5.74, 6) is -0.231. The molecule has 0 saturated carbocycles. The van der Waals surface area contributed by atoms with Crippen LogP contribution in [0.3, 0.4) is 0 Å². The summed E-state index contributed by atoms with van der Waals surface area (Å²) < 4.78 is 0. The zero-order valence-corrected chi connectivity index (χ0v) is 12.4. The number of nitrogens with zero attached hydrogens (tertiary/aromatic N) is 1. The monoisotopic (exact) mass is 301 g/mol. The van der Waals surface area contributed by atoms with Gasteiger partial charge in [0.25, 0.3) is 5.91 Å². The zero-order valence-electron chi connectivity index (χ0n) is 11.6. The van der Waals surface area contributed by atoms with Gasteiger partial charge >= 0.3 is 0 Å². The van der Waals surface area contributed by atoms with E-state index >= 15 is 0 Å². The fraction of sp³-hybridized carbons (Fsp3) is 0.188. The van der Waals surface area contributed by atoms with E-state index in [-0.39, 0.29) is 18.1 Å². The molecule has 2 rings (SSSR count). The van der Waals surface area contributed by atoms with Gasteiger partial charge in [0.1, 0.15) is 0 Å². The highest BCUT2D eigenvalue weighted by Gasteiger charge is 2.16. The summed E-state index contributed by atoms with van der Waals surface area (Å²) in [4.78, 5) is 37.3. The maximum atomic E-state index is 12.3. The number of amides is 1. The van der Waals surface area contributed by atoms with Crippen molar-refractivity contribution in [2.75, 3.05) is 13.6 Å². The van der Waals surface area contributed by atoms with E-state index in [0.29, 0.717) is 28.8 Å². The van der Waals surface area contributed by atoms with Crippen molar-refractivity contribution in [3.8, 4) is 0 Å². The molecule has 0 fully saturated rings. The molecular formula is C16H15NO3S. The van der Waals surface area contributed by atoms with Crippen molar-refractivity contribution in [3.63, 3.8) is 0 Å². The van der Waals surface area contributed by atoms with Crippen LogP contribution < -0.4 is 0 Å². The van der Waals surface area contributed by atoms with Crippen LogP contribution in [0.2, 0.25) is 0 Å². The molecule has 5 heteroatoms. The van der Waals surface area contributed by atoms with Crippen LogP contribution in [0.5, 0.6) is 0 Å². The summed E-state index contributed by atoms with van der Waals surface area (Å²) in [6.45, 7) is 0.322. The molecule has 2 aromatic rings. The van der Waals surface area contributed by atoms with Crippen LogP contribution in [0.25, 0.3) is 0 Å². The fourth-order valence-electron chi connectivity index (χ4n) is 1.93. The van der Waals surface area contributed by atoms with Crippen molar-refractivity contribution in [1.82, 2.24) is 4.90 Å². The summed E-state index contributed by atoms with van der Waals surface area (Å²) in [7, 11) is 1.63. The predicted octanol–water partition coefficient (Wildman–Crippen LogP) is 2.91. The Morgan fingerprint density at radius 3 is 2.62 bits per heavy atom. The minimum Gasteiger partial charge on any atom is -0.341 e. The Balaban J connectivity index is 2.00. The van der Waals surface area contributed by atoms with Gasteiger partial charge in [-0.2, -0.15) is 0 Å². The second kappa shape index (κ2) is 6.95. The molecule has 1 aromatic carbocycles. The molecule has 4 nitrogen and oxygen atoms in total. The molecule has 0 spiro atoms. The highest BCUT2D eigenvalue weighted by atomic mass is 32.1. The second-order valence-corrected chi connectivity index (χ2v) is 5.53. The molecule has 0 atom stereocenters. The van der Waals surface area contributed by atoms with Crippen LogP contribution in [0.4, 0.5) is 0 Å². The minimum atomic E-state index is -0.253. The van der Waals surface area contributed by atoms with Crippen LogP contribution in [0.1, 0.15) is 36.8 Å². The number of thiophene rings is 1. The van der Waals surface area contributed by atoms with Gasteiger partial charge in [-0.05, 0) is 17.5 Å². The fourth-order valence-corrected chi connectivity index (χ4v) is 2.63. The lowest BCUT2D eigenvalue weighted by atomic mass is 10.1. The first-order valence-corrected chi connectivity index (χ1v) is 7.38. The van der Waals surface area contributed by atoms with Crippen molar-refractivity contribution >= 4 is 29.3 Å². The van der Waals surface area contributed by atoms with Gasteiger partial charge in [0.2, 0.25) is 0 Å². The van der Waals surface area contributed by atoms with Crippen LogP contribution in [0.15, 0.2) is 41.8 Å². The smallest absolute Gasteiger partial charge is 0.254 e. The number of rotatable bonds is 6. The Morgan fingerprint density at radius 2 is 1.95 bits per heavy atom. The number of carbonyl (C=O) groups is 3. The van der Waals surface area contributed by atoms with E-state index in [4.69, 9.17) is 0 Å². The van der Waals surface area contributed by atoms with E-state index in [9.17, 15) is 14.4 Å². The summed E-state index contributed by atoms with van der Waals surface area (Å²) in [5.41, 5.74) is 0.720. The molecule has 21 heavy (non-hydrogen) atoms. The van der Waals surface area contributed by atoms with E-state index in [1.165, 1.54) is 16.2 Å². The van der Waals surface area contributed by atoms with Gasteiger partial charge in [0, 0.05) is 25.6 Å². The number of aldehydes is 1. The first-order valence-electron chi connectivity index (χ1n) is 6.50. The van der Waals surface area contributed by atoms with Crippen molar-refractivity contribution in [3.05, 3.63) is 57.8 Å². The van der Waals surface area contributed by atoms with Gasteiger partial charge in [-0.3, -0.25) is 14.4 Å². The minimum absolute atomic E-state index is 0.0216. The molecule has 0 aliphatic heterocycles. The molecule has 0 aliphatic carbocycles. The van der Waals surface area contributed by atoms with Gasteiger partial charge in [-0.25, -0.2) is 0 Å². The SMILES string of the molecule is CN(CCC(=O)c1cccs1)C(=O)c1ccccc1C=O.